The Morgan fingerprint density at radius 3 is 2.26 bits per heavy atom. The topological polar surface area (TPSA) is 41.6 Å². The number of ether oxygens (including phenoxy) is 1. The standard InChI is InChI=1S/C20H21F3N2O2/c21-20(22,23)17-8-6-16(7-9-17)19(26)24-18(15-4-2-1-3-5-15)14-25-10-12-27-13-11-25/h1-9,18H,10-14H2,(H,24,26)/t18-/m0/s1. The summed E-state index contributed by atoms with van der Waals surface area (Å²) in [6, 6.07) is 13.5. The van der Waals surface area contributed by atoms with Crippen LogP contribution < -0.4 is 5.32 Å². The van der Waals surface area contributed by atoms with Crippen molar-refractivity contribution in [2.24, 2.45) is 0 Å². The number of carbonyl (C=O) groups is 1. The second-order valence-corrected chi connectivity index (χ2v) is 6.42. The van der Waals surface area contributed by atoms with E-state index >= 15 is 0 Å². The highest BCUT2D eigenvalue weighted by molar-refractivity contribution is 5.94. The van der Waals surface area contributed by atoms with Crippen LogP contribution in [-0.2, 0) is 10.9 Å². The minimum atomic E-state index is -4.42. The van der Waals surface area contributed by atoms with Gasteiger partial charge in [-0.05, 0) is 29.8 Å². The van der Waals surface area contributed by atoms with Gasteiger partial charge in [-0.1, -0.05) is 30.3 Å². The van der Waals surface area contributed by atoms with Crippen molar-refractivity contribution in [3.05, 3.63) is 71.3 Å². The molecule has 2 aromatic rings. The van der Waals surface area contributed by atoms with Gasteiger partial charge in [-0.3, -0.25) is 9.69 Å². The first-order valence-corrected chi connectivity index (χ1v) is 8.76. The quantitative estimate of drug-likeness (QED) is 0.866. The molecule has 144 valence electrons. The number of nitrogens with zero attached hydrogens (tertiary/aromatic N) is 1. The Bertz CT molecular complexity index is 742. The minimum absolute atomic E-state index is 0.200. The molecule has 27 heavy (non-hydrogen) atoms. The normalized spacial score (nSPS) is 16.7. The third-order valence-corrected chi connectivity index (χ3v) is 4.53. The van der Waals surface area contributed by atoms with Crippen LogP contribution in [0, 0.1) is 0 Å². The lowest BCUT2D eigenvalue weighted by atomic mass is 10.0. The molecule has 1 fully saturated rings. The van der Waals surface area contributed by atoms with Crippen LogP contribution in [0.5, 0.6) is 0 Å². The SMILES string of the molecule is O=C(N[C@@H](CN1CCOCC1)c1ccccc1)c1ccc(C(F)(F)F)cc1. The van der Waals surface area contributed by atoms with Gasteiger partial charge in [-0.25, -0.2) is 0 Å². The van der Waals surface area contributed by atoms with Crippen LogP contribution >= 0.6 is 0 Å². The Labute approximate surface area is 155 Å². The van der Waals surface area contributed by atoms with E-state index in [1.165, 1.54) is 12.1 Å². The lowest BCUT2D eigenvalue weighted by molar-refractivity contribution is -0.137. The molecule has 2 aromatic carbocycles. The van der Waals surface area contributed by atoms with Gasteiger partial charge >= 0.3 is 6.18 Å². The monoisotopic (exact) mass is 378 g/mol. The molecule has 0 saturated carbocycles. The van der Waals surface area contributed by atoms with Crippen molar-refractivity contribution in [3.8, 4) is 0 Å². The van der Waals surface area contributed by atoms with Gasteiger partial charge < -0.3 is 10.1 Å². The largest absolute Gasteiger partial charge is 0.416 e. The molecule has 0 spiro atoms. The van der Waals surface area contributed by atoms with E-state index in [0.29, 0.717) is 19.8 Å². The Balaban J connectivity index is 1.73. The van der Waals surface area contributed by atoms with Crippen molar-refractivity contribution in [1.82, 2.24) is 10.2 Å². The molecule has 4 nitrogen and oxygen atoms in total. The van der Waals surface area contributed by atoms with E-state index < -0.39 is 17.6 Å². The molecule has 1 heterocycles. The van der Waals surface area contributed by atoms with Crippen LogP contribution in [0.4, 0.5) is 13.2 Å². The summed E-state index contributed by atoms with van der Waals surface area (Å²) in [5.41, 5.74) is 0.377. The highest BCUT2D eigenvalue weighted by atomic mass is 19.4. The van der Waals surface area contributed by atoms with Crippen LogP contribution in [0.25, 0.3) is 0 Å². The molecular formula is C20H21F3N2O2. The molecule has 7 heteroatoms. The Kier molecular flexibility index (Phi) is 6.13. The molecule has 0 bridgehead atoms. The van der Waals surface area contributed by atoms with Crippen molar-refractivity contribution in [3.63, 3.8) is 0 Å². The lowest BCUT2D eigenvalue weighted by Crippen LogP contribution is -2.43. The molecule has 1 atom stereocenters. The molecular weight excluding hydrogens is 357 g/mol. The molecule has 1 aliphatic rings. The predicted octanol–water partition coefficient (Wildman–Crippen LogP) is 3.51. The summed E-state index contributed by atoms with van der Waals surface area (Å²) in [5.74, 6) is -0.397. The Hall–Kier alpha value is -2.38. The molecule has 1 N–H and O–H groups in total. The molecule has 1 amide bonds. The maximum absolute atomic E-state index is 12.7. The van der Waals surface area contributed by atoms with Crippen molar-refractivity contribution < 1.29 is 22.7 Å². The number of morpholine rings is 1. The fourth-order valence-corrected chi connectivity index (χ4v) is 3.01. The molecule has 0 aromatic heterocycles. The number of amides is 1. The zero-order chi connectivity index (χ0) is 19.3. The Morgan fingerprint density at radius 2 is 1.67 bits per heavy atom. The first-order chi connectivity index (χ1) is 12.9. The summed E-state index contributed by atoms with van der Waals surface area (Å²) in [4.78, 5) is 14.8. The average Bonchev–Trinajstić information content (AvgIpc) is 2.68. The van der Waals surface area contributed by atoms with Gasteiger partial charge in [0.2, 0.25) is 0 Å². The summed E-state index contributed by atoms with van der Waals surface area (Å²) < 4.78 is 43.4. The van der Waals surface area contributed by atoms with Gasteiger partial charge in [0.1, 0.15) is 0 Å². The van der Waals surface area contributed by atoms with Crippen LogP contribution in [0.15, 0.2) is 54.6 Å². The van der Waals surface area contributed by atoms with Crippen molar-refractivity contribution in [2.75, 3.05) is 32.8 Å². The smallest absolute Gasteiger partial charge is 0.379 e. The van der Waals surface area contributed by atoms with Gasteiger partial charge in [-0.2, -0.15) is 13.2 Å². The zero-order valence-corrected chi connectivity index (χ0v) is 14.7. The number of halogens is 3. The zero-order valence-electron chi connectivity index (χ0n) is 14.7. The number of nitrogens with one attached hydrogen (secondary N) is 1. The lowest BCUT2D eigenvalue weighted by Gasteiger charge is -2.31. The van der Waals surface area contributed by atoms with Crippen molar-refractivity contribution >= 4 is 5.91 Å². The minimum Gasteiger partial charge on any atom is -0.379 e. The molecule has 0 aliphatic carbocycles. The number of hydrogen-bond acceptors (Lipinski definition) is 3. The van der Waals surface area contributed by atoms with Crippen molar-refractivity contribution in [1.29, 1.82) is 0 Å². The summed E-state index contributed by atoms with van der Waals surface area (Å²) in [6.45, 7) is 3.46. The average molecular weight is 378 g/mol. The van der Waals surface area contributed by atoms with Gasteiger partial charge in [0.25, 0.3) is 5.91 Å². The van der Waals surface area contributed by atoms with E-state index in [9.17, 15) is 18.0 Å². The predicted molar refractivity (Wildman–Crippen MR) is 95.4 cm³/mol. The van der Waals surface area contributed by atoms with E-state index in [-0.39, 0.29) is 11.6 Å². The summed E-state index contributed by atoms with van der Waals surface area (Å²) in [7, 11) is 0. The van der Waals surface area contributed by atoms with Crippen molar-refractivity contribution in [2.45, 2.75) is 12.2 Å². The third kappa shape index (κ3) is 5.30. The first kappa shape index (κ1) is 19.4. The second-order valence-electron chi connectivity index (χ2n) is 6.42. The second kappa shape index (κ2) is 8.54. The van der Waals surface area contributed by atoms with Gasteiger partial charge in [0.05, 0.1) is 24.8 Å². The van der Waals surface area contributed by atoms with E-state index in [2.05, 4.69) is 10.2 Å². The van der Waals surface area contributed by atoms with Gasteiger partial charge in [0, 0.05) is 25.2 Å². The fourth-order valence-electron chi connectivity index (χ4n) is 3.01. The fraction of sp³-hybridized carbons (Fsp3) is 0.350. The molecule has 3 rings (SSSR count). The van der Waals surface area contributed by atoms with Crippen LogP contribution in [-0.4, -0.2) is 43.7 Å². The van der Waals surface area contributed by atoms with E-state index in [4.69, 9.17) is 4.74 Å². The molecule has 1 aliphatic heterocycles. The maximum Gasteiger partial charge on any atom is 0.416 e. The number of alkyl halides is 3. The summed E-state index contributed by atoms with van der Waals surface area (Å²) >= 11 is 0. The van der Waals surface area contributed by atoms with E-state index in [1.54, 1.807) is 0 Å². The summed E-state index contributed by atoms with van der Waals surface area (Å²) in [6.07, 6.45) is -4.42. The molecule has 1 saturated heterocycles. The van der Waals surface area contributed by atoms with E-state index in [0.717, 1.165) is 30.8 Å². The number of rotatable bonds is 5. The first-order valence-electron chi connectivity index (χ1n) is 8.76. The summed E-state index contributed by atoms with van der Waals surface area (Å²) in [5, 5.41) is 2.95. The third-order valence-electron chi connectivity index (χ3n) is 4.53. The van der Waals surface area contributed by atoms with Gasteiger partial charge in [0.15, 0.2) is 0 Å². The van der Waals surface area contributed by atoms with Crippen LogP contribution in [0.3, 0.4) is 0 Å². The van der Waals surface area contributed by atoms with Gasteiger partial charge in [-0.15, -0.1) is 0 Å². The highest BCUT2D eigenvalue weighted by Gasteiger charge is 2.30. The number of benzene rings is 2. The maximum atomic E-state index is 12.7. The number of carbonyl (C=O) groups excluding carboxylic acids is 1. The van der Waals surface area contributed by atoms with Crippen LogP contribution in [0.1, 0.15) is 27.5 Å². The van der Waals surface area contributed by atoms with E-state index in [1.807, 2.05) is 30.3 Å². The highest BCUT2D eigenvalue weighted by Crippen LogP contribution is 2.29. The molecule has 0 unspecified atom stereocenters. The Morgan fingerprint density at radius 1 is 1.04 bits per heavy atom. The van der Waals surface area contributed by atoms with Crippen LogP contribution in [0.2, 0.25) is 0 Å². The number of hydrogen-bond donors (Lipinski definition) is 1. The molecule has 0 radical (unpaired) electrons.